The molecule has 4 rings (SSSR count). The molecule has 1 atom stereocenters. The van der Waals surface area contributed by atoms with Crippen LogP contribution in [0.5, 0.6) is 0 Å². The molecule has 0 N–H and O–H groups in total. The summed E-state index contributed by atoms with van der Waals surface area (Å²) in [6.45, 7) is 6.46. The van der Waals surface area contributed by atoms with E-state index in [0.717, 1.165) is 18.1 Å². The molecular formula is C21H24N6O3S. The van der Waals surface area contributed by atoms with Gasteiger partial charge in [-0.2, -0.15) is 0 Å². The third-order valence-electron chi connectivity index (χ3n) is 5.22. The van der Waals surface area contributed by atoms with Gasteiger partial charge in [0.15, 0.2) is 0 Å². The van der Waals surface area contributed by atoms with Gasteiger partial charge in [0.1, 0.15) is 11.2 Å². The first-order chi connectivity index (χ1) is 15.0. The number of hydrogen-bond donors (Lipinski definition) is 0. The van der Waals surface area contributed by atoms with Crippen molar-refractivity contribution in [2.24, 2.45) is 7.05 Å². The zero-order valence-corrected chi connectivity index (χ0v) is 18.5. The molecule has 1 aliphatic heterocycles. The largest absolute Gasteiger partial charge is 0.462 e. The fourth-order valence-electron chi connectivity index (χ4n) is 3.62. The van der Waals surface area contributed by atoms with Crippen LogP contribution in [0.3, 0.4) is 0 Å². The molecule has 1 aliphatic rings. The van der Waals surface area contributed by atoms with Crippen molar-refractivity contribution in [2.45, 2.75) is 19.9 Å². The molecule has 0 aliphatic carbocycles. The van der Waals surface area contributed by atoms with E-state index in [0.29, 0.717) is 35.4 Å². The summed E-state index contributed by atoms with van der Waals surface area (Å²) in [4.78, 5) is 42.5. The highest BCUT2D eigenvalue weighted by Gasteiger charge is 2.28. The number of aromatic nitrogens is 4. The summed E-state index contributed by atoms with van der Waals surface area (Å²) >= 11 is 1.44. The van der Waals surface area contributed by atoms with Gasteiger partial charge >= 0.3 is 5.97 Å². The highest BCUT2D eigenvalue weighted by Crippen LogP contribution is 2.30. The van der Waals surface area contributed by atoms with Crippen molar-refractivity contribution in [1.29, 1.82) is 0 Å². The standard InChI is InChI=1S/C21H24N6O3S/c1-4-30-20(29)17-5-6-19(31-17)26-9-10-27(14(2)12-26)21-24-16(11-18(28)25(21)3)15-7-8-22-13-23-15/h5-8,11,13-14H,4,9-10,12H2,1-3H3/t14-/m1/s1. The van der Waals surface area contributed by atoms with Crippen LogP contribution in [0.1, 0.15) is 23.5 Å². The summed E-state index contributed by atoms with van der Waals surface area (Å²) in [6.07, 6.45) is 3.08. The van der Waals surface area contributed by atoms with Gasteiger partial charge in [-0.1, -0.05) is 0 Å². The second-order valence-electron chi connectivity index (χ2n) is 7.28. The van der Waals surface area contributed by atoms with Crippen LogP contribution in [0.25, 0.3) is 11.4 Å². The van der Waals surface area contributed by atoms with Gasteiger partial charge in [0.05, 0.1) is 23.0 Å². The van der Waals surface area contributed by atoms with Gasteiger partial charge in [-0.05, 0) is 32.0 Å². The molecule has 10 heteroatoms. The van der Waals surface area contributed by atoms with Gasteiger partial charge < -0.3 is 14.5 Å². The summed E-state index contributed by atoms with van der Waals surface area (Å²) in [7, 11) is 1.73. The number of nitrogens with zero attached hydrogens (tertiary/aromatic N) is 6. The molecule has 0 aromatic carbocycles. The Hall–Kier alpha value is -3.27. The number of ether oxygens (including phenoxy) is 1. The number of hydrogen-bond acceptors (Lipinski definition) is 9. The van der Waals surface area contributed by atoms with Crippen molar-refractivity contribution in [2.75, 3.05) is 36.0 Å². The number of thiophene rings is 1. The lowest BCUT2D eigenvalue weighted by Crippen LogP contribution is -2.53. The number of esters is 1. The molecule has 0 radical (unpaired) electrons. The van der Waals surface area contributed by atoms with Crippen molar-refractivity contribution in [3.63, 3.8) is 0 Å². The van der Waals surface area contributed by atoms with E-state index in [9.17, 15) is 9.59 Å². The highest BCUT2D eigenvalue weighted by atomic mass is 32.1. The van der Waals surface area contributed by atoms with E-state index in [1.54, 1.807) is 30.8 Å². The van der Waals surface area contributed by atoms with Gasteiger partial charge in [-0.25, -0.2) is 19.7 Å². The molecule has 0 spiro atoms. The van der Waals surface area contributed by atoms with E-state index < -0.39 is 0 Å². The molecule has 0 bridgehead atoms. The van der Waals surface area contributed by atoms with Crippen molar-refractivity contribution >= 4 is 28.3 Å². The molecule has 31 heavy (non-hydrogen) atoms. The maximum Gasteiger partial charge on any atom is 0.348 e. The molecule has 1 saturated heterocycles. The van der Waals surface area contributed by atoms with E-state index in [1.165, 1.54) is 23.7 Å². The summed E-state index contributed by atoms with van der Waals surface area (Å²) < 4.78 is 6.66. The third kappa shape index (κ3) is 4.29. The van der Waals surface area contributed by atoms with E-state index in [2.05, 4.69) is 26.7 Å². The Morgan fingerprint density at radius 1 is 1.26 bits per heavy atom. The van der Waals surface area contributed by atoms with Crippen LogP contribution < -0.4 is 15.4 Å². The molecule has 1 fully saturated rings. The van der Waals surface area contributed by atoms with Gasteiger partial charge in [0, 0.05) is 45.0 Å². The maximum atomic E-state index is 12.6. The fraction of sp³-hybridized carbons (Fsp3) is 0.381. The molecule has 3 aromatic heterocycles. The van der Waals surface area contributed by atoms with Gasteiger partial charge in [0.2, 0.25) is 5.95 Å². The Morgan fingerprint density at radius 3 is 2.81 bits per heavy atom. The monoisotopic (exact) mass is 440 g/mol. The van der Waals surface area contributed by atoms with E-state index >= 15 is 0 Å². The molecule has 0 amide bonds. The Labute approximate surface area is 184 Å². The Balaban J connectivity index is 1.55. The van der Waals surface area contributed by atoms with Crippen LogP contribution in [0.15, 0.2) is 41.6 Å². The first-order valence-electron chi connectivity index (χ1n) is 10.1. The number of carbonyl (C=O) groups excluding carboxylic acids is 1. The Bertz CT molecular complexity index is 1130. The summed E-state index contributed by atoms with van der Waals surface area (Å²) in [6, 6.07) is 7.12. The predicted octanol–water partition coefficient (Wildman–Crippen LogP) is 2.19. The summed E-state index contributed by atoms with van der Waals surface area (Å²) in [5.74, 6) is 0.331. The van der Waals surface area contributed by atoms with E-state index in [-0.39, 0.29) is 17.6 Å². The van der Waals surface area contributed by atoms with E-state index in [4.69, 9.17) is 9.72 Å². The lowest BCUT2D eigenvalue weighted by Gasteiger charge is -2.41. The molecule has 4 heterocycles. The van der Waals surface area contributed by atoms with Crippen molar-refractivity contribution < 1.29 is 9.53 Å². The first-order valence-corrected chi connectivity index (χ1v) is 10.9. The molecule has 0 unspecified atom stereocenters. The predicted molar refractivity (Wildman–Crippen MR) is 120 cm³/mol. The minimum Gasteiger partial charge on any atom is -0.462 e. The third-order valence-corrected chi connectivity index (χ3v) is 6.35. The second kappa shape index (κ2) is 8.84. The first kappa shape index (κ1) is 21.0. The van der Waals surface area contributed by atoms with Crippen LogP contribution in [0, 0.1) is 0 Å². The zero-order valence-electron chi connectivity index (χ0n) is 17.7. The smallest absolute Gasteiger partial charge is 0.348 e. The topological polar surface area (TPSA) is 93.5 Å². The quantitative estimate of drug-likeness (QED) is 0.558. The lowest BCUT2D eigenvalue weighted by atomic mass is 10.2. The van der Waals surface area contributed by atoms with Crippen LogP contribution in [0.4, 0.5) is 10.9 Å². The average molecular weight is 441 g/mol. The van der Waals surface area contributed by atoms with Crippen molar-refractivity contribution in [1.82, 2.24) is 19.5 Å². The molecule has 0 saturated carbocycles. The molecular weight excluding hydrogens is 416 g/mol. The van der Waals surface area contributed by atoms with Gasteiger partial charge in [-0.3, -0.25) is 9.36 Å². The van der Waals surface area contributed by atoms with Crippen LogP contribution in [-0.4, -0.2) is 57.8 Å². The minimum atomic E-state index is -0.286. The van der Waals surface area contributed by atoms with E-state index in [1.807, 2.05) is 12.1 Å². The van der Waals surface area contributed by atoms with Gasteiger partial charge in [-0.15, -0.1) is 11.3 Å². The Kier molecular flexibility index (Phi) is 5.99. The fourth-order valence-corrected chi connectivity index (χ4v) is 4.56. The summed E-state index contributed by atoms with van der Waals surface area (Å²) in [5.41, 5.74) is 1.02. The molecule has 9 nitrogen and oxygen atoms in total. The van der Waals surface area contributed by atoms with Crippen molar-refractivity contribution in [3.8, 4) is 11.4 Å². The average Bonchev–Trinajstić information content (AvgIpc) is 3.27. The Morgan fingerprint density at radius 2 is 2.10 bits per heavy atom. The zero-order chi connectivity index (χ0) is 22.0. The second-order valence-corrected chi connectivity index (χ2v) is 8.34. The number of piperazine rings is 1. The lowest BCUT2D eigenvalue weighted by molar-refractivity contribution is 0.0532. The number of rotatable bonds is 5. The molecule has 3 aromatic rings. The normalized spacial score (nSPS) is 16.4. The van der Waals surface area contributed by atoms with Crippen molar-refractivity contribution in [3.05, 3.63) is 52.0 Å². The minimum absolute atomic E-state index is 0.112. The summed E-state index contributed by atoms with van der Waals surface area (Å²) in [5, 5.41) is 1.03. The highest BCUT2D eigenvalue weighted by molar-refractivity contribution is 7.17. The van der Waals surface area contributed by atoms with Crippen LogP contribution in [-0.2, 0) is 11.8 Å². The van der Waals surface area contributed by atoms with Crippen LogP contribution >= 0.6 is 11.3 Å². The number of anilines is 2. The molecule has 162 valence electrons. The maximum absolute atomic E-state index is 12.6. The SMILES string of the molecule is CCOC(=O)c1ccc(N2CCN(c3nc(-c4ccncn4)cc(=O)n3C)[C@H](C)C2)s1. The van der Waals surface area contributed by atoms with Gasteiger partial charge in [0.25, 0.3) is 5.56 Å². The number of carbonyl (C=O) groups is 1. The van der Waals surface area contributed by atoms with Crippen LogP contribution in [0.2, 0.25) is 0 Å².